The van der Waals surface area contributed by atoms with Gasteiger partial charge in [0.25, 0.3) is 0 Å². The normalized spacial score (nSPS) is 29.4. The van der Waals surface area contributed by atoms with Gasteiger partial charge in [0.05, 0.1) is 42.1 Å². The summed E-state index contributed by atoms with van der Waals surface area (Å²) in [6.45, 7) is 0.631. The highest BCUT2D eigenvalue weighted by atomic mass is 16.7. The van der Waals surface area contributed by atoms with E-state index in [4.69, 9.17) is 14.2 Å². The van der Waals surface area contributed by atoms with Crippen molar-refractivity contribution in [2.75, 3.05) is 20.8 Å². The van der Waals surface area contributed by atoms with Gasteiger partial charge < -0.3 is 45.1 Å². The second-order valence-electron chi connectivity index (χ2n) is 10.4. The molecule has 0 amide bonds. The molecule has 0 spiro atoms. The van der Waals surface area contributed by atoms with Crippen molar-refractivity contribution >= 4 is 17.3 Å². The van der Waals surface area contributed by atoms with Crippen LogP contribution in [0.1, 0.15) is 68.8 Å². The third-order valence-corrected chi connectivity index (χ3v) is 8.13. The van der Waals surface area contributed by atoms with Crippen LogP contribution in [0.15, 0.2) is 18.2 Å². The topological polar surface area (TPSA) is 192 Å². The van der Waals surface area contributed by atoms with Crippen LogP contribution in [-0.4, -0.2) is 93.8 Å². The Hall–Kier alpha value is -3.39. The molecule has 12 heteroatoms. The third kappa shape index (κ3) is 4.19. The summed E-state index contributed by atoms with van der Waals surface area (Å²) >= 11 is 0. The zero-order chi connectivity index (χ0) is 29.1. The lowest BCUT2D eigenvalue weighted by Gasteiger charge is -2.42. The molecule has 1 fully saturated rings. The van der Waals surface area contributed by atoms with Crippen LogP contribution in [0.25, 0.3) is 0 Å². The zero-order valence-corrected chi connectivity index (χ0v) is 22.1. The second-order valence-corrected chi connectivity index (χ2v) is 10.4. The summed E-state index contributed by atoms with van der Waals surface area (Å²) in [5.41, 5.74) is -3.52. The SMILES string of the molecule is CN[C@H]1C[C@H](OC2C[C@](O)(C(=O)CO)Cc3c(O)c4c(c(O)c32)C(=O)c2c(OC)cccc2C4=O)O[C@@H](C)[C@H]1O. The number of methoxy groups -OCH3 is 1. The van der Waals surface area contributed by atoms with E-state index in [1.807, 2.05) is 0 Å². The number of carbonyl (C=O) groups is 3. The van der Waals surface area contributed by atoms with Gasteiger partial charge in [-0.15, -0.1) is 0 Å². The van der Waals surface area contributed by atoms with Crippen molar-refractivity contribution in [3.8, 4) is 17.2 Å². The van der Waals surface area contributed by atoms with Crippen LogP contribution in [0.4, 0.5) is 0 Å². The van der Waals surface area contributed by atoms with E-state index in [0.717, 1.165) is 0 Å². The first-order valence-corrected chi connectivity index (χ1v) is 12.9. The van der Waals surface area contributed by atoms with Gasteiger partial charge in [0.15, 0.2) is 17.9 Å². The van der Waals surface area contributed by atoms with E-state index < -0.39 is 95.7 Å². The van der Waals surface area contributed by atoms with E-state index in [-0.39, 0.29) is 34.4 Å². The first-order chi connectivity index (χ1) is 19.0. The average Bonchev–Trinajstić information content (AvgIpc) is 2.94. The van der Waals surface area contributed by atoms with Crippen molar-refractivity contribution in [1.82, 2.24) is 5.32 Å². The summed E-state index contributed by atoms with van der Waals surface area (Å²) in [4.78, 5) is 39.9. The largest absolute Gasteiger partial charge is 0.507 e. The van der Waals surface area contributed by atoms with E-state index in [2.05, 4.69) is 5.32 Å². The van der Waals surface area contributed by atoms with Crippen LogP contribution in [0.2, 0.25) is 0 Å². The van der Waals surface area contributed by atoms with Crippen molar-refractivity contribution in [3.05, 3.63) is 51.6 Å². The number of aliphatic hydroxyl groups excluding tert-OH is 2. The maximum atomic E-state index is 13.7. The molecule has 0 saturated carbocycles. The number of likely N-dealkylation sites (N-methyl/N-ethyl adjacent to an activating group) is 1. The molecule has 2 aliphatic carbocycles. The Bertz CT molecular complexity index is 1410. The van der Waals surface area contributed by atoms with Crippen LogP contribution in [0.3, 0.4) is 0 Å². The Labute approximate surface area is 229 Å². The number of benzene rings is 2. The van der Waals surface area contributed by atoms with Gasteiger partial charge in [-0.05, 0) is 20.0 Å². The molecule has 1 heterocycles. The first-order valence-electron chi connectivity index (χ1n) is 12.9. The molecule has 5 rings (SSSR count). The van der Waals surface area contributed by atoms with E-state index in [1.165, 1.54) is 25.3 Å². The molecule has 6 atom stereocenters. The smallest absolute Gasteiger partial charge is 0.202 e. The predicted octanol–water partition coefficient (Wildman–Crippen LogP) is 0.262. The van der Waals surface area contributed by atoms with Gasteiger partial charge in [-0.25, -0.2) is 0 Å². The molecule has 1 unspecified atom stereocenters. The number of aliphatic hydroxyl groups is 3. The highest BCUT2D eigenvalue weighted by Gasteiger charge is 2.50. The fraction of sp³-hybridized carbons (Fsp3) is 0.464. The van der Waals surface area contributed by atoms with Crippen LogP contribution in [-0.2, 0) is 20.7 Å². The van der Waals surface area contributed by atoms with Crippen LogP contribution in [0, 0.1) is 0 Å². The van der Waals surface area contributed by atoms with Gasteiger partial charge in [0.2, 0.25) is 5.78 Å². The van der Waals surface area contributed by atoms with E-state index in [9.17, 15) is 39.9 Å². The quantitative estimate of drug-likeness (QED) is 0.227. The van der Waals surface area contributed by atoms with E-state index in [0.29, 0.717) is 0 Å². The summed E-state index contributed by atoms with van der Waals surface area (Å²) in [6, 6.07) is 3.96. The molecule has 6 N–H and O–H groups in total. The van der Waals surface area contributed by atoms with E-state index in [1.54, 1.807) is 14.0 Å². The second kappa shape index (κ2) is 10.2. The van der Waals surface area contributed by atoms with Gasteiger partial charge >= 0.3 is 0 Å². The molecular formula is C28H31NO11. The number of fused-ring (bicyclic) bond motifs is 3. The van der Waals surface area contributed by atoms with E-state index >= 15 is 0 Å². The summed E-state index contributed by atoms with van der Waals surface area (Å²) in [5, 5.41) is 57.1. The monoisotopic (exact) mass is 557 g/mol. The number of phenolic OH excluding ortho intramolecular Hbond substituents is 2. The van der Waals surface area contributed by atoms with Gasteiger partial charge in [-0.2, -0.15) is 0 Å². The van der Waals surface area contributed by atoms with Crippen LogP contribution in [0.5, 0.6) is 17.2 Å². The summed E-state index contributed by atoms with van der Waals surface area (Å²) < 4.78 is 17.2. The Morgan fingerprint density at radius 3 is 2.50 bits per heavy atom. The van der Waals surface area contributed by atoms with Gasteiger partial charge in [0.1, 0.15) is 29.5 Å². The number of rotatable bonds is 6. The first kappa shape index (κ1) is 28.1. The molecule has 2 aromatic carbocycles. The maximum Gasteiger partial charge on any atom is 0.202 e. The number of nitrogens with one attached hydrogen (secondary N) is 1. The van der Waals surface area contributed by atoms with Crippen molar-refractivity contribution < 1.29 is 54.1 Å². The fourth-order valence-corrected chi connectivity index (χ4v) is 6.00. The minimum atomic E-state index is -2.23. The number of ketones is 3. The number of ether oxygens (including phenoxy) is 3. The minimum Gasteiger partial charge on any atom is -0.507 e. The zero-order valence-electron chi connectivity index (χ0n) is 22.1. The Kier molecular flexibility index (Phi) is 7.19. The van der Waals surface area contributed by atoms with Crippen molar-refractivity contribution in [2.45, 2.75) is 62.4 Å². The molecule has 1 aliphatic heterocycles. The lowest BCUT2D eigenvalue weighted by atomic mass is 9.72. The van der Waals surface area contributed by atoms with Gasteiger partial charge in [-0.3, -0.25) is 14.4 Å². The summed E-state index contributed by atoms with van der Waals surface area (Å²) in [5.74, 6) is -3.69. The molecule has 40 heavy (non-hydrogen) atoms. The number of phenols is 2. The third-order valence-electron chi connectivity index (χ3n) is 8.13. The van der Waals surface area contributed by atoms with Crippen LogP contribution < -0.4 is 10.1 Å². The number of aromatic hydroxyl groups is 2. The number of hydrogen-bond acceptors (Lipinski definition) is 12. The number of hydrogen-bond donors (Lipinski definition) is 6. The molecular weight excluding hydrogens is 526 g/mol. The average molecular weight is 558 g/mol. The fourth-order valence-electron chi connectivity index (χ4n) is 6.00. The maximum absolute atomic E-state index is 13.7. The molecule has 12 nitrogen and oxygen atoms in total. The van der Waals surface area contributed by atoms with Crippen molar-refractivity contribution in [1.29, 1.82) is 0 Å². The Morgan fingerprint density at radius 1 is 1.15 bits per heavy atom. The summed E-state index contributed by atoms with van der Waals surface area (Å²) in [6.07, 6.45) is -4.66. The highest BCUT2D eigenvalue weighted by molar-refractivity contribution is 6.31. The molecule has 0 aromatic heterocycles. The van der Waals surface area contributed by atoms with Crippen molar-refractivity contribution in [3.63, 3.8) is 0 Å². The molecule has 2 aromatic rings. The highest BCUT2D eigenvalue weighted by Crippen LogP contribution is 2.52. The van der Waals surface area contributed by atoms with Gasteiger partial charge in [0, 0.05) is 42.0 Å². The lowest BCUT2D eigenvalue weighted by Crippen LogP contribution is -2.53. The standard InChI is InChI=1S/C28H31NO11/c1-11-23(32)14(29-2)7-18(39-11)40-16-9-28(37,17(31)10-30)8-13-20(16)27(36)22-21(25(13)34)24(33)12-5-4-6-15(38-3)19(12)26(22)35/h4-6,11,14,16,18,23,29-30,32,34,36-37H,7-10H2,1-3H3/t11-,14-,16?,18-,23+,28-/m0/s1. The molecule has 0 bridgehead atoms. The minimum absolute atomic E-state index is 0.0435. The predicted molar refractivity (Wildman–Crippen MR) is 137 cm³/mol. The van der Waals surface area contributed by atoms with Crippen molar-refractivity contribution in [2.24, 2.45) is 0 Å². The molecule has 3 aliphatic rings. The Morgan fingerprint density at radius 2 is 1.85 bits per heavy atom. The lowest BCUT2D eigenvalue weighted by molar-refractivity contribution is -0.249. The molecule has 1 saturated heterocycles. The number of carbonyl (C=O) groups excluding carboxylic acids is 3. The van der Waals surface area contributed by atoms with Crippen LogP contribution >= 0.6 is 0 Å². The number of Topliss-reactive ketones (excluding diaryl/α,β-unsaturated/α-hetero) is 1. The molecule has 0 radical (unpaired) electrons. The van der Waals surface area contributed by atoms with Gasteiger partial charge in [-0.1, -0.05) is 12.1 Å². The Balaban J connectivity index is 1.68. The molecule has 214 valence electrons. The summed E-state index contributed by atoms with van der Waals surface area (Å²) in [7, 11) is 2.99.